The Morgan fingerprint density at radius 3 is 2.55 bits per heavy atom. The summed E-state index contributed by atoms with van der Waals surface area (Å²) in [6.07, 6.45) is 2.13. The van der Waals surface area contributed by atoms with Gasteiger partial charge >= 0.3 is 32.7 Å². The maximum atomic E-state index is 3.78. The molecule has 2 N–H and O–H groups in total. The van der Waals surface area contributed by atoms with Crippen molar-refractivity contribution in [3.05, 3.63) is 20.0 Å². The summed E-state index contributed by atoms with van der Waals surface area (Å²) >= 11 is 0. The maximum Gasteiger partial charge on any atom is 3.00 e. The molecular weight excluding hydrogens is 213 g/mol. The van der Waals surface area contributed by atoms with Crippen LogP contribution in [0.3, 0.4) is 0 Å². The predicted molar refractivity (Wildman–Crippen MR) is 44.3 cm³/mol. The quantitative estimate of drug-likeness (QED) is 0.412. The van der Waals surface area contributed by atoms with Crippen molar-refractivity contribution in [3.8, 4) is 0 Å². The molecule has 0 amide bonds. The van der Waals surface area contributed by atoms with Crippen LogP contribution in [0.25, 0.3) is 0 Å². The molecule has 11 heavy (non-hydrogen) atoms. The summed E-state index contributed by atoms with van der Waals surface area (Å²) in [5.41, 5.74) is 5.85. The molecule has 0 saturated heterocycles. The SMILES string of the molecule is [CH2-]CCC(C)[CH-]NN[CH-]C.[Y+3]. The minimum atomic E-state index is 0. The van der Waals surface area contributed by atoms with Gasteiger partial charge in [-0.3, -0.25) is 13.1 Å². The van der Waals surface area contributed by atoms with E-state index in [1.54, 1.807) is 0 Å². The molecule has 1 unspecified atom stereocenters. The molecule has 0 aliphatic rings. The Kier molecular flexibility index (Phi) is 14.6. The Morgan fingerprint density at radius 2 is 2.09 bits per heavy atom. The van der Waals surface area contributed by atoms with Gasteiger partial charge in [-0.25, -0.2) is 0 Å². The van der Waals surface area contributed by atoms with Crippen LogP contribution in [0.5, 0.6) is 0 Å². The molecule has 62 valence electrons. The Bertz CT molecular complexity index is 69.1. The monoisotopic (exact) mass is 230 g/mol. The number of hydrogen-bond acceptors (Lipinski definition) is 2. The normalized spacial score (nSPS) is 12.3. The first-order valence-electron chi connectivity index (χ1n) is 3.72. The van der Waals surface area contributed by atoms with Gasteiger partial charge in [0.05, 0.1) is 0 Å². The third-order valence-electron chi connectivity index (χ3n) is 1.25. The second-order valence-corrected chi connectivity index (χ2v) is 2.36. The molecule has 0 aliphatic carbocycles. The van der Waals surface area contributed by atoms with Gasteiger partial charge in [0.2, 0.25) is 0 Å². The van der Waals surface area contributed by atoms with Gasteiger partial charge < -0.3 is 17.8 Å². The Morgan fingerprint density at radius 1 is 1.45 bits per heavy atom. The van der Waals surface area contributed by atoms with Gasteiger partial charge in [-0.05, 0) is 0 Å². The molecule has 3 heteroatoms. The van der Waals surface area contributed by atoms with Crippen LogP contribution in [-0.4, -0.2) is 0 Å². The van der Waals surface area contributed by atoms with E-state index in [4.69, 9.17) is 0 Å². The molecule has 0 aromatic carbocycles. The molecule has 0 spiro atoms. The number of hydrogen-bond donors (Lipinski definition) is 2. The molecule has 0 rings (SSSR count). The molecule has 0 fully saturated rings. The van der Waals surface area contributed by atoms with E-state index in [0.717, 1.165) is 12.8 Å². The van der Waals surface area contributed by atoms with E-state index in [0.29, 0.717) is 5.92 Å². The summed E-state index contributed by atoms with van der Waals surface area (Å²) in [4.78, 5) is 0. The first kappa shape index (κ1) is 14.5. The zero-order valence-electron chi connectivity index (χ0n) is 7.43. The summed E-state index contributed by atoms with van der Waals surface area (Å²) in [6, 6.07) is 0. The van der Waals surface area contributed by atoms with Gasteiger partial charge in [0.25, 0.3) is 0 Å². The topological polar surface area (TPSA) is 24.1 Å². The molecule has 0 bridgehead atoms. The van der Waals surface area contributed by atoms with Crippen molar-refractivity contribution in [2.24, 2.45) is 5.92 Å². The van der Waals surface area contributed by atoms with Gasteiger partial charge in [-0.15, -0.1) is 6.42 Å². The minimum absolute atomic E-state index is 0. The number of hydrazine groups is 1. The second kappa shape index (κ2) is 11.0. The first-order valence-corrected chi connectivity index (χ1v) is 3.72. The van der Waals surface area contributed by atoms with Crippen LogP contribution in [-0.2, 0) is 32.7 Å². The van der Waals surface area contributed by atoms with Crippen LogP contribution in [0.15, 0.2) is 0 Å². The number of nitrogens with one attached hydrogen (secondary N) is 2. The fourth-order valence-electron chi connectivity index (χ4n) is 0.679. The molecule has 0 radical (unpaired) electrons. The van der Waals surface area contributed by atoms with Crippen molar-refractivity contribution in [2.45, 2.75) is 26.7 Å². The van der Waals surface area contributed by atoms with E-state index in [-0.39, 0.29) is 32.7 Å². The van der Waals surface area contributed by atoms with Crippen molar-refractivity contribution in [3.63, 3.8) is 0 Å². The zero-order valence-corrected chi connectivity index (χ0v) is 10.3. The smallest absolute Gasteiger partial charge is 0.438 e. The van der Waals surface area contributed by atoms with Gasteiger partial charge in [0.15, 0.2) is 0 Å². The molecular formula is C8H17N2Y. The van der Waals surface area contributed by atoms with Crippen molar-refractivity contribution in [1.29, 1.82) is 0 Å². The maximum absolute atomic E-state index is 3.78. The van der Waals surface area contributed by atoms with E-state index in [2.05, 4.69) is 24.7 Å². The van der Waals surface area contributed by atoms with Crippen LogP contribution in [0.1, 0.15) is 26.7 Å². The standard InChI is InChI=1S/C8H17N2.Y/c1-4-6-8(3)7-10-9-5-2;/h5,7-10H,1,4,6H2,2-3H3;/q-3;+3. The molecule has 0 aliphatic heterocycles. The van der Waals surface area contributed by atoms with E-state index < -0.39 is 0 Å². The van der Waals surface area contributed by atoms with Gasteiger partial charge in [0.1, 0.15) is 0 Å². The van der Waals surface area contributed by atoms with Crippen LogP contribution < -0.4 is 10.9 Å². The van der Waals surface area contributed by atoms with Crippen molar-refractivity contribution >= 4 is 0 Å². The van der Waals surface area contributed by atoms with E-state index >= 15 is 0 Å². The molecule has 0 saturated carbocycles. The summed E-state index contributed by atoms with van der Waals surface area (Å²) < 4.78 is 0. The van der Waals surface area contributed by atoms with E-state index in [9.17, 15) is 0 Å². The van der Waals surface area contributed by atoms with Crippen molar-refractivity contribution < 1.29 is 32.7 Å². The largest absolute Gasteiger partial charge is 3.00 e. The van der Waals surface area contributed by atoms with Crippen LogP contribution in [0.4, 0.5) is 0 Å². The van der Waals surface area contributed by atoms with Crippen LogP contribution in [0.2, 0.25) is 0 Å². The fourth-order valence-corrected chi connectivity index (χ4v) is 0.679. The third-order valence-corrected chi connectivity index (χ3v) is 1.25. The fraction of sp³-hybridized carbons (Fsp3) is 0.625. The van der Waals surface area contributed by atoms with Crippen molar-refractivity contribution in [2.75, 3.05) is 0 Å². The third kappa shape index (κ3) is 11.0. The Hall–Kier alpha value is 1.02. The molecule has 2 nitrogen and oxygen atoms in total. The molecule has 0 heterocycles. The summed E-state index contributed by atoms with van der Waals surface area (Å²) in [7, 11) is 0. The van der Waals surface area contributed by atoms with E-state index in [1.165, 1.54) is 0 Å². The minimum Gasteiger partial charge on any atom is -0.438 e. The Labute approximate surface area is 95.7 Å². The molecule has 0 aromatic heterocycles. The van der Waals surface area contributed by atoms with Crippen LogP contribution >= 0.6 is 0 Å². The summed E-state index contributed by atoms with van der Waals surface area (Å²) in [5.74, 6) is 0.588. The first-order chi connectivity index (χ1) is 4.81. The van der Waals surface area contributed by atoms with Gasteiger partial charge in [0, 0.05) is 0 Å². The summed E-state index contributed by atoms with van der Waals surface area (Å²) in [5, 5.41) is 0. The second-order valence-electron chi connectivity index (χ2n) is 2.36. The van der Waals surface area contributed by atoms with Gasteiger partial charge in [-0.2, -0.15) is 19.3 Å². The zero-order chi connectivity index (χ0) is 7.82. The van der Waals surface area contributed by atoms with Crippen LogP contribution in [0, 0.1) is 25.9 Å². The summed E-state index contributed by atoms with van der Waals surface area (Å²) in [6.45, 7) is 11.8. The van der Waals surface area contributed by atoms with Gasteiger partial charge in [-0.1, -0.05) is 6.92 Å². The predicted octanol–water partition coefficient (Wildman–Crippen LogP) is 1.67. The van der Waals surface area contributed by atoms with E-state index in [1.807, 2.05) is 20.0 Å². The molecule has 1 atom stereocenters. The Balaban J connectivity index is 0. The average molecular weight is 230 g/mol. The molecule has 0 aromatic rings. The number of rotatable bonds is 6. The van der Waals surface area contributed by atoms with Crippen molar-refractivity contribution in [1.82, 2.24) is 10.9 Å². The average Bonchev–Trinajstić information content (AvgIpc) is 1.89.